The standard InChI is InChI=1S/C18H22N2O2/c1-22-17(12-19)18(21)20(13-15-8-4-2-5-9-15)14-16-10-6-3-7-11-16/h2-11,17H,12-14,19H2,1H3. The number of rotatable bonds is 7. The van der Waals surface area contributed by atoms with Gasteiger partial charge in [0.2, 0.25) is 0 Å². The maximum atomic E-state index is 12.6. The third-order valence-corrected chi connectivity index (χ3v) is 3.52. The first-order valence-corrected chi connectivity index (χ1v) is 7.34. The van der Waals surface area contributed by atoms with Crippen LogP contribution in [0.4, 0.5) is 0 Å². The average molecular weight is 298 g/mol. The smallest absolute Gasteiger partial charge is 0.253 e. The Morgan fingerprint density at radius 3 is 1.82 bits per heavy atom. The summed E-state index contributed by atoms with van der Waals surface area (Å²) in [5, 5.41) is 0. The van der Waals surface area contributed by atoms with Crippen LogP contribution in [0.3, 0.4) is 0 Å². The Morgan fingerprint density at radius 1 is 1.00 bits per heavy atom. The van der Waals surface area contributed by atoms with Gasteiger partial charge in [-0.15, -0.1) is 0 Å². The van der Waals surface area contributed by atoms with Crippen LogP contribution in [-0.4, -0.2) is 30.6 Å². The van der Waals surface area contributed by atoms with E-state index in [-0.39, 0.29) is 12.5 Å². The molecule has 4 heteroatoms. The highest BCUT2D eigenvalue weighted by Gasteiger charge is 2.23. The second-order valence-electron chi connectivity index (χ2n) is 5.13. The normalized spacial score (nSPS) is 11.9. The van der Waals surface area contributed by atoms with Gasteiger partial charge in [-0.2, -0.15) is 0 Å². The number of nitrogens with zero attached hydrogens (tertiary/aromatic N) is 1. The molecule has 0 heterocycles. The zero-order valence-electron chi connectivity index (χ0n) is 12.8. The third-order valence-electron chi connectivity index (χ3n) is 3.52. The second-order valence-corrected chi connectivity index (χ2v) is 5.13. The topological polar surface area (TPSA) is 55.6 Å². The molecule has 1 amide bonds. The van der Waals surface area contributed by atoms with Crippen LogP contribution < -0.4 is 5.73 Å². The molecular weight excluding hydrogens is 276 g/mol. The molecule has 0 radical (unpaired) electrons. The van der Waals surface area contributed by atoms with Crippen LogP contribution in [-0.2, 0) is 22.6 Å². The summed E-state index contributed by atoms with van der Waals surface area (Å²) in [6, 6.07) is 19.8. The first kappa shape index (κ1) is 16.2. The molecule has 0 spiro atoms. The van der Waals surface area contributed by atoms with Gasteiger partial charge in [0.25, 0.3) is 5.91 Å². The summed E-state index contributed by atoms with van der Waals surface area (Å²) in [7, 11) is 1.51. The fourth-order valence-corrected chi connectivity index (χ4v) is 2.32. The zero-order chi connectivity index (χ0) is 15.8. The lowest BCUT2D eigenvalue weighted by molar-refractivity contribution is -0.142. The minimum absolute atomic E-state index is 0.0855. The van der Waals surface area contributed by atoms with Crippen molar-refractivity contribution in [1.29, 1.82) is 0 Å². The van der Waals surface area contributed by atoms with E-state index in [2.05, 4.69) is 0 Å². The Hall–Kier alpha value is -2.17. The van der Waals surface area contributed by atoms with Crippen molar-refractivity contribution < 1.29 is 9.53 Å². The van der Waals surface area contributed by atoms with E-state index in [1.807, 2.05) is 60.7 Å². The summed E-state index contributed by atoms with van der Waals surface area (Å²) in [5.74, 6) is -0.0855. The van der Waals surface area contributed by atoms with Gasteiger partial charge in [0, 0.05) is 26.7 Å². The van der Waals surface area contributed by atoms with E-state index in [0.717, 1.165) is 11.1 Å². The number of hydrogen-bond donors (Lipinski definition) is 1. The molecule has 0 fully saturated rings. The Labute approximate surface area is 131 Å². The van der Waals surface area contributed by atoms with Crippen molar-refractivity contribution in [2.24, 2.45) is 5.73 Å². The van der Waals surface area contributed by atoms with Gasteiger partial charge in [0.15, 0.2) is 0 Å². The van der Waals surface area contributed by atoms with Gasteiger partial charge in [-0.25, -0.2) is 0 Å². The number of ether oxygens (including phenoxy) is 1. The summed E-state index contributed by atoms with van der Waals surface area (Å²) in [6.45, 7) is 1.25. The molecule has 0 saturated carbocycles. The number of nitrogens with two attached hydrogens (primary N) is 1. The molecule has 0 bridgehead atoms. The Bertz CT molecular complexity index is 527. The van der Waals surface area contributed by atoms with Crippen molar-refractivity contribution in [3.63, 3.8) is 0 Å². The molecule has 0 aliphatic rings. The summed E-state index contributed by atoms with van der Waals surface area (Å²) in [5.41, 5.74) is 7.80. The number of carbonyl (C=O) groups is 1. The van der Waals surface area contributed by atoms with Crippen LogP contribution in [0.15, 0.2) is 60.7 Å². The van der Waals surface area contributed by atoms with Gasteiger partial charge in [0.05, 0.1) is 0 Å². The van der Waals surface area contributed by atoms with Crippen molar-refractivity contribution in [2.45, 2.75) is 19.2 Å². The van der Waals surface area contributed by atoms with Gasteiger partial charge in [0.1, 0.15) is 6.10 Å². The van der Waals surface area contributed by atoms with Crippen molar-refractivity contribution in [1.82, 2.24) is 4.90 Å². The Morgan fingerprint density at radius 2 is 1.45 bits per heavy atom. The monoisotopic (exact) mass is 298 g/mol. The molecule has 4 nitrogen and oxygen atoms in total. The minimum atomic E-state index is -0.604. The fourth-order valence-electron chi connectivity index (χ4n) is 2.32. The molecular formula is C18H22N2O2. The third kappa shape index (κ3) is 4.41. The van der Waals surface area contributed by atoms with Gasteiger partial charge in [-0.1, -0.05) is 60.7 Å². The molecule has 2 N–H and O–H groups in total. The number of hydrogen-bond acceptors (Lipinski definition) is 3. The van der Waals surface area contributed by atoms with E-state index in [1.54, 1.807) is 4.90 Å². The van der Waals surface area contributed by atoms with E-state index in [0.29, 0.717) is 13.1 Å². The number of amides is 1. The summed E-state index contributed by atoms with van der Waals surface area (Å²) >= 11 is 0. The molecule has 0 aliphatic carbocycles. The van der Waals surface area contributed by atoms with Crippen LogP contribution >= 0.6 is 0 Å². The molecule has 116 valence electrons. The number of benzene rings is 2. The SMILES string of the molecule is COC(CN)C(=O)N(Cc1ccccc1)Cc1ccccc1. The van der Waals surface area contributed by atoms with Crippen LogP contribution in [0.25, 0.3) is 0 Å². The summed E-state index contributed by atoms with van der Waals surface area (Å²) in [4.78, 5) is 14.4. The van der Waals surface area contributed by atoms with Crippen molar-refractivity contribution in [3.05, 3.63) is 71.8 Å². The van der Waals surface area contributed by atoms with Crippen LogP contribution in [0.2, 0.25) is 0 Å². The lowest BCUT2D eigenvalue weighted by Gasteiger charge is -2.26. The highest BCUT2D eigenvalue weighted by Crippen LogP contribution is 2.12. The molecule has 0 aromatic heterocycles. The van der Waals surface area contributed by atoms with Crippen molar-refractivity contribution in [3.8, 4) is 0 Å². The summed E-state index contributed by atoms with van der Waals surface area (Å²) < 4.78 is 5.20. The van der Waals surface area contributed by atoms with Gasteiger partial charge < -0.3 is 15.4 Å². The molecule has 22 heavy (non-hydrogen) atoms. The Balaban J connectivity index is 2.18. The number of methoxy groups -OCH3 is 1. The van der Waals surface area contributed by atoms with Crippen LogP contribution in [0.1, 0.15) is 11.1 Å². The van der Waals surface area contributed by atoms with Crippen LogP contribution in [0.5, 0.6) is 0 Å². The van der Waals surface area contributed by atoms with E-state index < -0.39 is 6.10 Å². The van der Waals surface area contributed by atoms with Crippen molar-refractivity contribution in [2.75, 3.05) is 13.7 Å². The fraction of sp³-hybridized carbons (Fsp3) is 0.278. The van der Waals surface area contributed by atoms with Crippen LogP contribution in [0, 0.1) is 0 Å². The molecule has 2 aromatic carbocycles. The molecule has 0 aliphatic heterocycles. The molecule has 1 atom stereocenters. The first-order valence-electron chi connectivity index (χ1n) is 7.34. The molecule has 0 saturated heterocycles. The quantitative estimate of drug-likeness (QED) is 0.852. The van der Waals surface area contributed by atoms with E-state index in [9.17, 15) is 4.79 Å². The highest BCUT2D eigenvalue weighted by molar-refractivity contribution is 5.81. The lowest BCUT2D eigenvalue weighted by Crippen LogP contribution is -2.43. The first-order chi connectivity index (χ1) is 10.7. The van der Waals surface area contributed by atoms with E-state index in [1.165, 1.54) is 7.11 Å². The van der Waals surface area contributed by atoms with E-state index in [4.69, 9.17) is 10.5 Å². The maximum Gasteiger partial charge on any atom is 0.253 e. The number of carbonyl (C=O) groups excluding carboxylic acids is 1. The molecule has 1 unspecified atom stereocenters. The van der Waals surface area contributed by atoms with Gasteiger partial charge in [-0.05, 0) is 11.1 Å². The average Bonchev–Trinajstić information content (AvgIpc) is 2.57. The predicted molar refractivity (Wildman–Crippen MR) is 87.0 cm³/mol. The maximum absolute atomic E-state index is 12.6. The zero-order valence-corrected chi connectivity index (χ0v) is 12.8. The molecule has 2 aromatic rings. The van der Waals surface area contributed by atoms with Crippen molar-refractivity contribution >= 4 is 5.91 Å². The Kier molecular flexibility index (Phi) is 6.13. The summed E-state index contributed by atoms with van der Waals surface area (Å²) in [6.07, 6.45) is -0.604. The largest absolute Gasteiger partial charge is 0.370 e. The predicted octanol–water partition coefficient (Wildman–Crippen LogP) is 2.19. The minimum Gasteiger partial charge on any atom is -0.370 e. The van der Waals surface area contributed by atoms with Gasteiger partial charge >= 0.3 is 0 Å². The van der Waals surface area contributed by atoms with E-state index >= 15 is 0 Å². The van der Waals surface area contributed by atoms with Gasteiger partial charge in [-0.3, -0.25) is 4.79 Å². The second kappa shape index (κ2) is 8.32. The molecule has 2 rings (SSSR count). The highest BCUT2D eigenvalue weighted by atomic mass is 16.5. The lowest BCUT2D eigenvalue weighted by atomic mass is 10.1.